The second-order valence-electron chi connectivity index (χ2n) is 6.03. The second-order valence-corrected chi connectivity index (χ2v) is 6.03. The standard InChI is InChI=1S/C13H27NO/c1-11-6-5-7-13(14,10-11)9-8-12(2,3)15-4/h11H,5-10,14H2,1-4H3. The summed E-state index contributed by atoms with van der Waals surface area (Å²) in [5.41, 5.74) is 6.51. The molecule has 1 rings (SSSR count). The van der Waals surface area contributed by atoms with Crippen LogP contribution in [0.15, 0.2) is 0 Å². The molecule has 90 valence electrons. The summed E-state index contributed by atoms with van der Waals surface area (Å²) in [5.74, 6) is 0.800. The van der Waals surface area contributed by atoms with Gasteiger partial charge in [0.15, 0.2) is 0 Å². The van der Waals surface area contributed by atoms with Gasteiger partial charge in [0.25, 0.3) is 0 Å². The maximum atomic E-state index is 6.46. The van der Waals surface area contributed by atoms with E-state index in [1.54, 1.807) is 7.11 Å². The quantitative estimate of drug-likeness (QED) is 0.779. The molecule has 0 aliphatic heterocycles. The minimum Gasteiger partial charge on any atom is -0.379 e. The van der Waals surface area contributed by atoms with Crippen molar-refractivity contribution in [2.75, 3.05) is 7.11 Å². The van der Waals surface area contributed by atoms with Crippen LogP contribution in [0.5, 0.6) is 0 Å². The fourth-order valence-electron chi connectivity index (χ4n) is 2.58. The maximum absolute atomic E-state index is 6.46. The molecule has 2 atom stereocenters. The van der Waals surface area contributed by atoms with Crippen molar-refractivity contribution in [2.45, 2.75) is 70.4 Å². The van der Waals surface area contributed by atoms with E-state index in [4.69, 9.17) is 10.5 Å². The highest BCUT2D eigenvalue weighted by Crippen LogP contribution is 2.35. The van der Waals surface area contributed by atoms with Crippen LogP contribution in [0.2, 0.25) is 0 Å². The summed E-state index contributed by atoms with van der Waals surface area (Å²) in [4.78, 5) is 0. The van der Waals surface area contributed by atoms with Crippen molar-refractivity contribution in [3.05, 3.63) is 0 Å². The third-order valence-electron chi connectivity index (χ3n) is 3.90. The van der Waals surface area contributed by atoms with E-state index >= 15 is 0 Å². The lowest BCUT2D eigenvalue weighted by molar-refractivity contribution is 0.00601. The predicted molar refractivity (Wildman–Crippen MR) is 64.9 cm³/mol. The van der Waals surface area contributed by atoms with Crippen molar-refractivity contribution in [3.8, 4) is 0 Å². The first-order valence-corrected chi connectivity index (χ1v) is 6.21. The van der Waals surface area contributed by atoms with E-state index < -0.39 is 0 Å². The fraction of sp³-hybridized carbons (Fsp3) is 1.00. The van der Waals surface area contributed by atoms with Crippen LogP contribution in [0.3, 0.4) is 0 Å². The van der Waals surface area contributed by atoms with Crippen LogP contribution in [0.1, 0.15) is 59.3 Å². The van der Waals surface area contributed by atoms with Gasteiger partial charge in [-0.3, -0.25) is 0 Å². The number of hydrogen-bond acceptors (Lipinski definition) is 2. The van der Waals surface area contributed by atoms with Crippen LogP contribution >= 0.6 is 0 Å². The van der Waals surface area contributed by atoms with E-state index in [1.165, 1.54) is 25.7 Å². The minimum absolute atomic E-state index is 0.0208. The van der Waals surface area contributed by atoms with Gasteiger partial charge in [0.05, 0.1) is 5.60 Å². The highest BCUT2D eigenvalue weighted by atomic mass is 16.5. The summed E-state index contributed by atoms with van der Waals surface area (Å²) in [6, 6.07) is 0. The van der Waals surface area contributed by atoms with Gasteiger partial charge in [-0.1, -0.05) is 19.8 Å². The molecule has 2 unspecified atom stereocenters. The maximum Gasteiger partial charge on any atom is 0.0623 e. The van der Waals surface area contributed by atoms with Crippen LogP contribution in [-0.4, -0.2) is 18.2 Å². The molecule has 15 heavy (non-hydrogen) atoms. The first-order chi connectivity index (χ1) is 6.87. The molecule has 1 fully saturated rings. The molecule has 2 nitrogen and oxygen atoms in total. The monoisotopic (exact) mass is 213 g/mol. The van der Waals surface area contributed by atoms with Gasteiger partial charge in [0, 0.05) is 12.6 Å². The number of ether oxygens (including phenoxy) is 1. The summed E-state index contributed by atoms with van der Waals surface area (Å²) < 4.78 is 5.44. The van der Waals surface area contributed by atoms with Crippen molar-refractivity contribution in [1.29, 1.82) is 0 Å². The van der Waals surface area contributed by atoms with Crippen LogP contribution in [0.4, 0.5) is 0 Å². The number of nitrogens with two attached hydrogens (primary N) is 1. The lowest BCUT2D eigenvalue weighted by Crippen LogP contribution is -2.45. The Morgan fingerprint density at radius 3 is 2.67 bits per heavy atom. The Morgan fingerprint density at radius 1 is 1.47 bits per heavy atom. The summed E-state index contributed by atoms with van der Waals surface area (Å²) in [7, 11) is 1.78. The topological polar surface area (TPSA) is 35.2 Å². The Morgan fingerprint density at radius 2 is 2.13 bits per heavy atom. The summed E-state index contributed by atoms with van der Waals surface area (Å²) in [6.07, 6.45) is 7.19. The van der Waals surface area contributed by atoms with E-state index in [0.717, 1.165) is 18.8 Å². The molecule has 0 spiro atoms. The molecule has 1 aliphatic carbocycles. The Hall–Kier alpha value is -0.0800. The average Bonchev–Trinajstić information content (AvgIpc) is 2.15. The van der Waals surface area contributed by atoms with Crippen molar-refractivity contribution in [3.63, 3.8) is 0 Å². The van der Waals surface area contributed by atoms with Crippen molar-refractivity contribution < 1.29 is 4.74 Å². The number of methoxy groups -OCH3 is 1. The second kappa shape index (κ2) is 4.84. The van der Waals surface area contributed by atoms with Crippen molar-refractivity contribution in [1.82, 2.24) is 0 Å². The lowest BCUT2D eigenvalue weighted by atomic mass is 9.73. The first-order valence-electron chi connectivity index (χ1n) is 6.21. The molecular weight excluding hydrogens is 186 g/mol. The summed E-state index contributed by atoms with van der Waals surface area (Å²) in [5, 5.41) is 0. The third-order valence-corrected chi connectivity index (χ3v) is 3.90. The van der Waals surface area contributed by atoms with Gasteiger partial charge >= 0.3 is 0 Å². The normalized spacial score (nSPS) is 33.0. The molecule has 0 bridgehead atoms. The Kier molecular flexibility index (Phi) is 4.19. The zero-order valence-corrected chi connectivity index (χ0v) is 10.8. The van der Waals surface area contributed by atoms with Gasteiger partial charge in [-0.05, 0) is 45.4 Å². The van der Waals surface area contributed by atoms with Crippen LogP contribution in [0, 0.1) is 5.92 Å². The molecule has 1 aliphatic rings. The summed E-state index contributed by atoms with van der Waals surface area (Å²) >= 11 is 0. The predicted octanol–water partition coefficient (Wildman–Crippen LogP) is 3.10. The van der Waals surface area contributed by atoms with Gasteiger partial charge in [-0.15, -0.1) is 0 Å². The average molecular weight is 213 g/mol. The van der Waals surface area contributed by atoms with Crippen LogP contribution in [-0.2, 0) is 4.74 Å². The number of rotatable bonds is 4. The van der Waals surface area contributed by atoms with Gasteiger partial charge in [-0.2, -0.15) is 0 Å². The Labute approximate surface area is 94.6 Å². The Balaban J connectivity index is 2.42. The van der Waals surface area contributed by atoms with Crippen LogP contribution < -0.4 is 5.73 Å². The molecule has 2 heteroatoms. The van der Waals surface area contributed by atoms with Crippen molar-refractivity contribution in [2.24, 2.45) is 11.7 Å². The van der Waals surface area contributed by atoms with E-state index in [1.807, 2.05) is 0 Å². The third kappa shape index (κ3) is 4.12. The minimum atomic E-state index is -0.0208. The van der Waals surface area contributed by atoms with Gasteiger partial charge < -0.3 is 10.5 Å². The van der Waals surface area contributed by atoms with Gasteiger partial charge in [-0.25, -0.2) is 0 Å². The number of hydrogen-bond donors (Lipinski definition) is 1. The van der Waals surface area contributed by atoms with Gasteiger partial charge in [0.2, 0.25) is 0 Å². The molecule has 0 radical (unpaired) electrons. The van der Waals surface area contributed by atoms with E-state index in [2.05, 4.69) is 20.8 Å². The lowest BCUT2D eigenvalue weighted by Gasteiger charge is -2.38. The largest absolute Gasteiger partial charge is 0.379 e. The fourth-order valence-corrected chi connectivity index (χ4v) is 2.58. The molecule has 0 aromatic carbocycles. The zero-order valence-electron chi connectivity index (χ0n) is 10.8. The highest BCUT2D eigenvalue weighted by molar-refractivity contribution is 4.91. The molecule has 0 amide bonds. The summed E-state index contributed by atoms with van der Waals surface area (Å²) in [6.45, 7) is 6.60. The SMILES string of the molecule is COC(C)(C)CCC1(N)CCCC(C)C1. The van der Waals surface area contributed by atoms with Crippen LogP contribution in [0.25, 0.3) is 0 Å². The van der Waals surface area contributed by atoms with E-state index in [9.17, 15) is 0 Å². The first kappa shape index (κ1) is 13.0. The zero-order chi connectivity index (χ0) is 11.5. The molecular formula is C13H27NO. The molecule has 1 saturated carbocycles. The molecule has 0 aromatic heterocycles. The highest BCUT2D eigenvalue weighted by Gasteiger charge is 2.32. The van der Waals surface area contributed by atoms with E-state index in [0.29, 0.717) is 0 Å². The Bertz CT molecular complexity index is 203. The smallest absolute Gasteiger partial charge is 0.0623 e. The van der Waals surface area contributed by atoms with E-state index in [-0.39, 0.29) is 11.1 Å². The molecule has 0 aromatic rings. The van der Waals surface area contributed by atoms with Crippen molar-refractivity contribution >= 4 is 0 Å². The van der Waals surface area contributed by atoms with Gasteiger partial charge in [0.1, 0.15) is 0 Å². The molecule has 2 N–H and O–H groups in total. The molecule has 0 heterocycles. The molecule has 0 saturated heterocycles.